The Morgan fingerprint density at radius 3 is 2.71 bits per heavy atom. The second-order valence-electron chi connectivity index (χ2n) is 6.97. The van der Waals surface area contributed by atoms with Crippen molar-refractivity contribution in [3.63, 3.8) is 0 Å². The van der Waals surface area contributed by atoms with E-state index in [4.69, 9.17) is 11.6 Å². The number of piperidine rings is 2. The highest BCUT2D eigenvalue weighted by molar-refractivity contribution is 6.31. The summed E-state index contributed by atoms with van der Waals surface area (Å²) in [4.78, 5) is 17.3. The molecular formula is C18H25ClFN3O. The van der Waals surface area contributed by atoms with Crippen molar-refractivity contribution in [3.05, 3.63) is 34.6 Å². The van der Waals surface area contributed by atoms with Crippen molar-refractivity contribution in [1.82, 2.24) is 15.1 Å². The number of rotatable bonds is 3. The van der Waals surface area contributed by atoms with E-state index in [-0.39, 0.29) is 17.0 Å². The molecule has 3 rings (SSSR count). The van der Waals surface area contributed by atoms with Gasteiger partial charge in [-0.2, -0.15) is 0 Å². The van der Waals surface area contributed by atoms with Crippen LogP contribution in [-0.2, 0) is 0 Å². The molecule has 0 aliphatic carbocycles. The van der Waals surface area contributed by atoms with Gasteiger partial charge >= 0.3 is 0 Å². The number of benzene rings is 1. The number of halogens is 2. The first-order chi connectivity index (χ1) is 11.5. The molecule has 1 aromatic carbocycles. The Morgan fingerprint density at radius 2 is 2.00 bits per heavy atom. The molecule has 4 nitrogen and oxygen atoms in total. The maximum absolute atomic E-state index is 13.2. The van der Waals surface area contributed by atoms with Gasteiger partial charge < -0.3 is 10.2 Å². The first kappa shape index (κ1) is 17.6. The first-order valence-electron chi connectivity index (χ1n) is 8.71. The number of nitrogens with zero attached hydrogens (tertiary/aromatic N) is 2. The van der Waals surface area contributed by atoms with Gasteiger partial charge in [0.2, 0.25) is 0 Å². The molecule has 0 saturated carbocycles. The minimum Gasteiger partial charge on any atom is -0.348 e. The van der Waals surface area contributed by atoms with Gasteiger partial charge in [0.15, 0.2) is 0 Å². The average molecular weight is 354 g/mol. The molecule has 132 valence electrons. The van der Waals surface area contributed by atoms with Crippen LogP contribution in [0.25, 0.3) is 0 Å². The van der Waals surface area contributed by atoms with E-state index in [1.165, 1.54) is 31.0 Å². The van der Waals surface area contributed by atoms with Crippen molar-refractivity contribution in [1.29, 1.82) is 0 Å². The lowest BCUT2D eigenvalue weighted by Crippen LogP contribution is -2.53. The Morgan fingerprint density at radius 1 is 1.25 bits per heavy atom. The topological polar surface area (TPSA) is 35.6 Å². The zero-order chi connectivity index (χ0) is 17.1. The Balaban J connectivity index is 1.56. The third-order valence-electron chi connectivity index (χ3n) is 5.17. The van der Waals surface area contributed by atoms with E-state index in [0.29, 0.717) is 11.6 Å². The van der Waals surface area contributed by atoms with E-state index in [1.54, 1.807) is 0 Å². The third-order valence-corrected chi connectivity index (χ3v) is 5.46. The minimum atomic E-state index is -0.501. The van der Waals surface area contributed by atoms with Gasteiger partial charge in [-0.1, -0.05) is 11.6 Å². The Bertz CT molecular complexity index is 590. The fourth-order valence-electron chi connectivity index (χ4n) is 3.72. The van der Waals surface area contributed by atoms with E-state index < -0.39 is 5.82 Å². The largest absolute Gasteiger partial charge is 0.348 e. The van der Waals surface area contributed by atoms with Crippen molar-refractivity contribution in [2.45, 2.75) is 37.8 Å². The number of nitrogens with one attached hydrogen (secondary N) is 1. The molecule has 1 N–H and O–H groups in total. The molecule has 6 heteroatoms. The number of carbonyl (C=O) groups is 1. The van der Waals surface area contributed by atoms with E-state index in [2.05, 4.69) is 22.2 Å². The predicted molar refractivity (Wildman–Crippen MR) is 94.0 cm³/mol. The number of hydrogen-bond acceptors (Lipinski definition) is 3. The van der Waals surface area contributed by atoms with Gasteiger partial charge in [0.25, 0.3) is 5.91 Å². The van der Waals surface area contributed by atoms with Crippen molar-refractivity contribution in [2.75, 3.05) is 33.2 Å². The second-order valence-corrected chi connectivity index (χ2v) is 7.38. The summed E-state index contributed by atoms with van der Waals surface area (Å²) in [5, 5.41) is 3.07. The molecular weight excluding hydrogens is 329 g/mol. The van der Waals surface area contributed by atoms with Crippen LogP contribution in [0.4, 0.5) is 4.39 Å². The molecule has 0 aromatic heterocycles. The highest BCUT2D eigenvalue weighted by Gasteiger charge is 2.28. The highest BCUT2D eigenvalue weighted by atomic mass is 35.5. The van der Waals surface area contributed by atoms with Gasteiger partial charge in [0, 0.05) is 24.2 Å². The number of likely N-dealkylation sites (tertiary alicyclic amines) is 2. The third kappa shape index (κ3) is 4.26. The molecule has 2 heterocycles. The van der Waals surface area contributed by atoms with Crippen LogP contribution in [0.2, 0.25) is 5.02 Å². The summed E-state index contributed by atoms with van der Waals surface area (Å²) in [6, 6.07) is 4.89. The summed E-state index contributed by atoms with van der Waals surface area (Å²) < 4.78 is 13.2. The molecule has 24 heavy (non-hydrogen) atoms. The van der Waals surface area contributed by atoms with E-state index in [9.17, 15) is 9.18 Å². The maximum atomic E-state index is 13.2. The zero-order valence-electron chi connectivity index (χ0n) is 14.1. The molecule has 0 unspecified atom stereocenters. The molecule has 0 radical (unpaired) electrons. The first-order valence-corrected chi connectivity index (χ1v) is 9.09. The lowest BCUT2D eigenvalue weighted by Gasteiger charge is -2.41. The Hall–Kier alpha value is -1.17. The van der Waals surface area contributed by atoms with Gasteiger partial charge in [-0.05, 0) is 70.6 Å². The predicted octanol–water partition coefficient (Wildman–Crippen LogP) is 2.77. The Kier molecular flexibility index (Phi) is 5.74. The summed E-state index contributed by atoms with van der Waals surface area (Å²) in [6.07, 6.45) is 4.49. The van der Waals surface area contributed by atoms with Crippen molar-refractivity contribution in [2.24, 2.45) is 0 Å². The SMILES string of the molecule is CN1CCC(N2CCC[C@@H](NC(=O)c3ccc(F)c(Cl)c3)C2)CC1. The van der Waals surface area contributed by atoms with Crippen LogP contribution in [0.5, 0.6) is 0 Å². The summed E-state index contributed by atoms with van der Waals surface area (Å²) in [6.45, 7) is 4.30. The van der Waals surface area contributed by atoms with Gasteiger partial charge in [0.05, 0.1) is 5.02 Å². The summed E-state index contributed by atoms with van der Waals surface area (Å²) in [5.41, 5.74) is 0.415. The van der Waals surface area contributed by atoms with Crippen molar-refractivity contribution in [3.8, 4) is 0 Å². The molecule has 1 aromatic rings. The van der Waals surface area contributed by atoms with Crippen molar-refractivity contribution >= 4 is 17.5 Å². The highest BCUT2D eigenvalue weighted by Crippen LogP contribution is 2.21. The second kappa shape index (κ2) is 7.81. The molecule has 1 atom stereocenters. The van der Waals surface area contributed by atoms with E-state index >= 15 is 0 Å². The van der Waals surface area contributed by atoms with Gasteiger partial charge in [-0.15, -0.1) is 0 Å². The lowest BCUT2D eigenvalue weighted by atomic mass is 9.98. The van der Waals surface area contributed by atoms with E-state index in [0.717, 1.165) is 39.0 Å². The fraction of sp³-hybridized carbons (Fsp3) is 0.611. The quantitative estimate of drug-likeness (QED) is 0.907. The average Bonchev–Trinajstić information content (AvgIpc) is 2.58. The zero-order valence-corrected chi connectivity index (χ0v) is 14.9. The van der Waals surface area contributed by atoms with Gasteiger partial charge in [-0.25, -0.2) is 4.39 Å². The molecule has 0 bridgehead atoms. The summed E-state index contributed by atoms with van der Waals surface area (Å²) in [7, 11) is 2.17. The van der Waals surface area contributed by atoms with E-state index in [1.807, 2.05) is 0 Å². The van der Waals surface area contributed by atoms with Gasteiger partial charge in [-0.3, -0.25) is 9.69 Å². The van der Waals surface area contributed by atoms with Crippen LogP contribution in [0, 0.1) is 5.82 Å². The van der Waals surface area contributed by atoms with Crippen LogP contribution < -0.4 is 5.32 Å². The number of hydrogen-bond donors (Lipinski definition) is 1. The van der Waals surface area contributed by atoms with Crippen LogP contribution in [-0.4, -0.2) is 61.0 Å². The van der Waals surface area contributed by atoms with Crippen molar-refractivity contribution < 1.29 is 9.18 Å². The van der Waals surface area contributed by atoms with Crippen LogP contribution in [0.3, 0.4) is 0 Å². The Labute approximate surface area is 147 Å². The molecule has 0 spiro atoms. The molecule has 1 amide bonds. The van der Waals surface area contributed by atoms with Gasteiger partial charge in [0.1, 0.15) is 5.82 Å². The van der Waals surface area contributed by atoms with Crippen LogP contribution in [0.15, 0.2) is 18.2 Å². The number of carbonyl (C=O) groups excluding carboxylic acids is 1. The monoisotopic (exact) mass is 353 g/mol. The lowest BCUT2D eigenvalue weighted by molar-refractivity contribution is 0.0766. The number of amides is 1. The maximum Gasteiger partial charge on any atom is 0.251 e. The van der Waals surface area contributed by atoms with Crippen LogP contribution in [0.1, 0.15) is 36.0 Å². The minimum absolute atomic E-state index is 0.0146. The van der Waals surface area contributed by atoms with Crippen LogP contribution >= 0.6 is 11.6 Å². The summed E-state index contributed by atoms with van der Waals surface area (Å²) >= 11 is 5.77. The summed E-state index contributed by atoms with van der Waals surface area (Å²) in [5.74, 6) is -0.675. The molecule has 2 saturated heterocycles. The fourth-order valence-corrected chi connectivity index (χ4v) is 3.90. The molecule has 2 aliphatic heterocycles. The smallest absolute Gasteiger partial charge is 0.251 e. The molecule has 2 aliphatic rings. The molecule has 2 fully saturated rings. The normalized spacial score (nSPS) is 24.0. The standard InChI is InChI=1S/C18H25ClFN3O/c1-22-9-6-15(7-10-22)23-8-2-3-14(12-23)21-18(24)13-4-5-17(20)16(19)11-13/h4-5,11,14-15H,2-3,6-10,12H2,1H3,(H,21,24)/t14-/m1/s1.